The Labute approximate surface area is 294 Å². The number of hydrogen-bond acceptors (Lipinski definition) is 1. The van der Waals surface area contributed by atoms with Crippen molar-refractivity contribution in [1.82, 2.24) is 0 Å². The number of hydrogen-bond donors (Lipinski definition) is 0. The fraction of sp³-hybridized carbons (Fsp3) is 0.298. The van der Waals surface area contributed by atoms with Gasteiger partial charge in [-0.25, -0.2) is 4.99 Å². The van der Waals surface area contributed by atoms with Gasteiger partial charge in [0.05, 0.1) is 5.70 Å². The van der Waals surface area contributed by atoms with Crippen LogP contribution in [0, 0.1) is 5.92 Å². The fourth-order valence-corrected chi connectivity index (χ4v) is 7.52. The van der Waals surface area contributed by atoms with Gasteiger partial charge in [-0.2, -0.15) is 0 Å². The van der Waals surface area contributed by atoms with E-state index in [1.807, 2.05) is 0 Å². The third-order valence-corrected chi connectivity index (χ3v) is 10.5. The Kier molecular flexibility index (Phi) is 10.2. The van der Waals surface area contributed by atoms with Crippen molar-refractivity contribution in [2.24, 2.45) is 10.9 Å². The molecule has 3 aromatic carbocycles. The van der Waals surface area contributed by atoms with Crippen molar-refractivity contribution < 1.29 is 0 Å². The van der Waals surface area contributed by atoms with E-state index in [2.05, 4.69) is 153 Å². The Hall–Kier alpha value is -4.69. The smallest absolute Gasteiger partial charge is 0.137 e. The van der Waals surface area contributed by atoms with Crippen molar-refractivity contribution in [1.29, 1.82) is 0 Å². The summed E-state index contributed by atoms with van der Waals surface area (Å²) in [5.41, 5.74) is 14.2. The van der Waals surface area contributed by atoms with E-state index in [0.717, 1.165) is 50.2 Å². The molecule has 0 spiro atoms. The maximum absolute atomic E-state index is 5.74. The van der Waals surface area contributed by atoms with Crippen LogP contribution in [-0.4, -0.2) is 12.4 Å². The third kappa shape index (κ3) is 7.49. The van der Waals surface area contributed by atoms with Crippen LogP contribution in [0.4, 0.5) is 5.69 Å². The van der Waals surface area contributed by atoms with Crippen LogP contribution < -0.4 is 4.90 Å². The van der Waals surface area contributed by atoms with E-state index in [-0.39, 0.29) is 0 Å². The number of allylic oxidation sites excluding steroid dienone is 10. The van der Waals surface area contributed by atoms with Gasteiger partial charge in [0.1, 0.15) is 5.84 Å². The lowest BCUT2D eigenvalue weighted by Crippen LogP contribution is -2.32. The molecule has 0 N–H and O–H groups in total. The number of anilines is 1. The summed E-state index contributed by atoms with van der Waals surface area (Å²) in [5.74, 6) is 2.06. The molecule has 0 saturated heterocycles. The second-order valence-corrected chi connectivity index (χ2v) is 14.0. The molecule has 248 valence electrons. The molecule has 3 aromatic rings. The number of amidine groups is 1. The van der Waals surface area contributed by atoms with Gasteiger partial charge in [0.15, 0.2) is 0 Å². The lowest BCUT2D eigenvalue weighted by molar-refractivity contribution is 0.569. The van der Waals surface area contributed by atoms with E-state index < -0.39 is 0 Å². The second kappa shape index (κ2) is 15.2. The first-order chi connectivity index (χ1) is 24.1. The van der Waals surface area contributed by atoms with Crippen molar-refractivity contribution in [3.63, 3.8) is 0 Å². The first-order valence-electron chi connectivity index (χ1n) is 18.6. The molecule has 7 rings (SSSR count). The average Bonchev–Trinajstić information content (AvgIpc) is 3.87. The molecule has 0 radical (unpaired) electrons. The van der Waals surface area contributed by atoms with E-state index in [0.29, 0.717) is 11.8 Å². The molecule has 49 heavy (non-hydrogen) atoms. The van der Waals surface area contributed by atoms with Gasteiger partial charge in [-0.3, -0.25) is 0 Å². The van der Waals surface area contributed by atoms with E-state index in [4.69, 9.17) is 4.99 Å². The summed E-state index contributed by atoms with van der Waals surface area (Å²) in [7, 11) is 0. The number of benzene rings is 3. The zero-order valence-electron chi connectivity index (χ0n) is 29.5. The number of rotatable bonds is 9. The topological polar surface area (TPSA) is 15.6 Å². The molecule has 0 saturated carbocycles. The van der Waals surface area contributed by atoms with Crippen LogP contribution in [0.25, 0.3) is 17.3 Å². The Bertz CT molecular complexity index is 1940. The van der Waals surface area contributed by atoms with Gasteiger partial charge in [0, 0.05) is 30.1 Å². The van der Waals surface area contributed by atoms with E-state index in [1.165, 1.54) is 75.0 Å². The Balaban J connectivity index is 1.32. The van der Waals surface area contributed by atoms with Crippen LogP contribution in [0.3, 0.4) is 0 Å². The molecule has 2 heteroatoms. The zero-order chi connectivity index (χ0) is 33.6. The maximum Gasteiger partial charge on any atom is 0.137 e. The Morgan fingerprint density at radius 1 is 0.878 bits per heavy atom. The van der Waals surface area contributed by atoms with E-state index in [9.17, 15) is 0 Å². The molecule has 2 unspecified atom stereocenters. The highest BCUT2D eigenvalue weighted by Gasteiger charge is 2.31. The van der Waals surface area contributed by atoms with Crippen LogP contribution in [0.2, 0.25) is 0 Å². The molecule has 1 aliphatic heterocycles. The summed E-state index contributed by atoms with van der Waals surface area (Å²) in [6.45, 7) is 7.67. The van der Waals surface area contributed by atoms with Crippen molar-refractivity contribution in [2.45, 2.75) is 78.1 Å². The van der Waals surface area contributed by atoms with Gasteiger partial charge in [0.2, 0.25) is 0 Å². The third-order valence-electron chi connectivity index (χ3n) is 10.5. The first-order valence-corrected chi connectivity index (χ1v) is 18.6. The molecule has 0 aromatic heterocycles. The quantitative estimate of drug-likeness (QED) is 0.167. The van der Waals surface area contributed by atoms with Gasteiger partial charge >= 0.3 is 0 Å². The van der Waals surface area contributed by atoms with Crippen LogP contribution in [-0.2, 0) is 6.42 Å². The predicted molar refractivity (Wildman–Crippen MR) is 212 cm³/mol. The summed E-state index contributed by atoms with van der Waals surface area (Å²) >= 11 is 0. The van der Waals surface area contributed by atoms with E-state index in [1.54, 1.807) is 0 Å². The van der Waals surface area contributed by atoms with Crippen LogP contribution in [0.5, 0.6) is 0 Å². The normalized spacial score (nSPS) is 20.7. The predicted octanol–water partition coefficient (Wildman–Crippen LogP) is 12.4. The van der Waals surface area contributed by atoms with Crippen molar-refractivity contribution in [2.75, 3.05) is 11.4 Å². The molecule has 0 bridgehead atoms. The molecule has 0 amide bonds. The standard InChI is InChI=1S/C47H50N2/c1-4-6-17-35(5-2)38-23-15-24-43(33-38)46(37-20-11-8-12-21-37)48-47(44-30-34(44)3)49-29-16-25-39-31-40(36-18-9-7-10-19-36)27-28-41(39)32-42-22-13-14-26-45(42)49/h8-9,11-16,18-20,22-28,30-31,33-35H,4-7,10,17,21,29,32H2,1-3H3/b25-16-,46-37-,48-47?. The summed E-state index contributed by atoms with van der Waals surface area (Å²) in [4.78, 5) is 8.22. The molecule has 2 nitrogen and oxygen atoms in total. The lowest BCUT2D eigenvalue weighted by Gasteiger charge is -2.27. The Morgan fingerprint density at radius 3 is 2.55 bits per heavy atom. The van der Waals surface area contributed by atoms with Crippen LogP contribution >= 0.6 is 0 Å². The second-order valence-electron chi connectivity index (χ2n) is 14.0. The van der Waals surface area contributed by atoms with Crippen molar-refractivity contribution >= 4 is 28.9 Å². The summed E-state index contributed by atoms with van der Waals surface area (Å²) in [6, 6.07) is 25.3. The SMILES string of the molecule is CCCCC(CC)c1cccc(/C(N=C(C2=CC2C)N2C/C=C\c3cc(C4=CCCC=C4)ccc3Cc3ccccc32)=C2\C=CC=CC2)c1. The van der Waals surface area contributed by atoms with Crippen LogP contribution in [0.15, 0.2) is 138 Å². The maximum atomic E-state index is 5.74. The van der Waals surface area contributed by atoms with Crippen molar-refractivity contribution in [3.8, 4) is 0 Å². The molecule has 0 fully saturated rings. The molecular weight excluding hydrogens is 593 g/mol. The van der Waals surface area contributed by atoms with Gasteiger partial charge in [-0.15, -0.1) is 0 Å². The minimum Gasteiger partial charge on any atom is -0.322 e. The highest BCUT2D eigenvalue weighted by atomic mass is 15.2. The zero-order valence-corrected chi connectivity index (χ0v) is 29.5. The summed E-state index contributed by atoms with van der Waals surface area (Å²) in [6.07, 6.45) is 31.7. The number of nitrogens with zero attached hydrogens (tertiary/aromatic N) is 2. The minimum absolute atomic E-state index is 0.414. The number of aliphatic imine (C=N–C) groups is 1. The lowest BCUT2D eigenvalue weighted by atomic mass is 9.89. The van der Waals surface area contributed by atoms with Crippen molar-refractivity contribution in [3.05, 3.63) is 166 Å². The number of para-hydroxylation sites is 1. The minimum atomic E-state index is 0.414. The molecular formula is C47H50N2. The first kappa shape index (κ1) is 32.8. The average molecular weight is 643 g/mol. The Morgan fingerprint density at radius 2 is 1.78 bits per heavy atom. The summed E-state index contributed by atoms with van der Waals surface area (Å²) in [5, 5.41) is 0. The van der Waals surface area contributed by atoms with Gasteiger partial charge in [-0.05, 0) is 101 Å². The van der Waals surface area contributed by atoms with E-state index >= 15 is 0 Å². The summed E-state index contributed by atoms with van der Waals surface area (Å²) < 4.78 is 0. The molecule has 1 heterocycles. The number of unbranched alkanes of at least 4 members (excludes halogenated alkanes) is 1. The molecule has 3 aliphatic carbocycles. The highest BCUT2D eigenvalue weighted by molar-refractivity contribution is 6.15. The van der Waals surface area contributed by atoms with Gasteiger partial charge in [0.25, 0.3) is 0 Å². The van der Waals surface area contributed by atoms with Gasteiger partial charge in [-0.1, -0.05) is 143 Å². The highest BCUT2D eigenvalue weighted by Crippen LogP contribution is 2.38. The molecule has 2 atom stereocenters. The fourth-order valence-electron chi connectivity index (χ4n) is 7.52. The largest absolute Gasteiger partial charge is 0.322 e. The van der Waals surface area contributed by atoms with Crippen LogP contribution in [0.1, 0.15) is 105 Å². The monoisotopic (exact) mass is 642 g/mol. The number of fused-ring (bicyclic) bond motifs is 2. The molecule has 4 aliphatic rings. The van der Waals surface area contributed by atoms with Gasteiger partial charge < -0.3 is 4.90 Å².